The summed E-state index contributed by atoms with van der Waals surface area (Å²) in [6.07, 6.45) is 7.56. The van der Waals surface area contributed by atoms with Crippen molar-refractivity contribution in [1.82, 2.24) is 29.6 Å². The van der Waals surface area contributed by atoms with Crippen LogP contribution in [-0.2, 0) is 11.3 Å². The molecule has 1 unspecified atom stereocenters. The normalized spacial score (nSPS) is 12.1. The van der Waals surface area contributed by atoms with Crippen molar-refractivity contribution in [1.29, 1.82) is 0 Å². The van der Waals surface area contributed by atoms with Crippen LogP contribution in [0.4, 0.5) is 0 Å². The second kappa shape index (κ2) is 7.29. The first kappa shape index (κ1) is 16.9. The van der Waals surface area contributed by atoms with Gasteiger partial charge in [-0.1, -0.05) is 6.07 Å². The van der Waals surface area contributed by atoms with Crippen LogP contribution in [0.5, 0.6) is 0 Å². The van der Waals surface area contributed by atoms with E-state index in [2.05, 4.69) is 20.4 Å². The number of carbonyl (C=O) groups excluding carboxylic acids is 1. The highest BCUT2D eigenvalue weighted by molar-refractivity contribution is 5.76. The fourth-order valence-electron chi connectivity index (χ4n) is 2.81. The number of hydrogen-bond acceptors (Lipinski definition) is 4. The van der Waals surface area contributed by atoms with Gasteiger partial charge < -0.3 is 9.88 Å². The lowest BCUT2D eigenvalue weighted by Crippen LogP contribution is -2.27. The summed E-state index contributed by atoms with van der Waals surface area (Å²) in [5, 5.41) is 7.44. The van der Waals surface area contributed by atoms with Crippen LogP contribution in [-0.4, -0.2) is 30.2 Å². The molecule has 0 aliphatic rings. The smallest absolute Gasteiger partial charge is 0.222 e. The van der Waals surface area contributed by atoms with Gasteiger partial charge in [-0.25, -0.2) is 14.6 Å². The minimum absolute atomic E-state index is 0.00517. The first-order chi connectivity index (χ1) is 12.1. The number of hydrogen-bond donors (Lipinski definition) is 1. The standard InChI is InChI=1S/C18H22N6O/c1-13(22-18(25)7-10-23-11-9-19-15(23)3)16-12-21-24(14(16)2)17-6-4-5-8-20-17/h4-6,8-9,11-13H,7,10H2,1-3H3,(H,22,25). The second-order valence-corrected chi connectivity index (χ2v) is 5.99. The first-order valence-corrected chi connectivity index (χ1v) is 8.29. The van der Waals surface area contributed by atoms with Gasteiger partial charge in [-0.15, -0.1) is 0 Å². The molecule has 0 radical (unpaired) electrons. The first-order valence-electron chi connectivity index (χ1n) is 8.29. The topological polar surface area (TPSA) is 77.6 Å². The Labute approximate surface area is 146 Å². The molecule has 7 heteroatoms. The highest BCUT2D eigenvalue weighted by Gasteiger charge is 2.16. The van der Waals surface area contributed by atoms with E-state index in [9.17, 15) is 4.79 Å². The monoisotopic (exact) mass is 338 g/mol. The van der Waals surface area contributed by atoms with Crippen LogP contribution in [0.3, 0.4) is 0 Å². The van der Waals surface area contributed by atoms with Gasteiger partial charge in [-0.05, 0) is 32.9 Å². The molecule has 25 heavy (non-hydrogen) atoms. The van der Waals surface area contributed by atoms with E-state index in [0.717, 1.165) is 22.9 Å². The van der Waals surface area contributed by atoms with Gasteiger partial charge in [0.1, 0.15) is 5.82 Å². The van der Waals surface area contributed by atoms with Gasteiger partial charge in [0.2, 0.25) is 5.91 Å². The van der Waals surface area contributed by atoms with E-state index in [-0.39, 0.29) is 11.9 Å². The van der Waals surface area contributed by atoms with Crippen molar-refractivity contribution in [3.05, 3.63) is 60.1 Å². The molecule has 1 amide bonds. The molecule has 3 rings (SSSR count). The van der Waals surface area contributed by atoms with Crippen LogP contribution < -0.4 is 5.32 Å². The van der Waals surface area contributed by atoms with Crippen molar-refractivity contribution >= 4 is 5.91 Å². The molecule has 3 heterocycles. The van der Waals surface area contributed by atoms with Gasteiger partial charge in [-0.3, -0.25) is 4.79 Å². The van der Waals surface area contributed by atoms with Crippen LogP contribution in [0, 0.1) is 13.8 Å². The Morgan fingerprint density at radius 3 is 2.76 bits per heavy atom. The lowest BCUT2D eigenvalue weighted by molar-refractivity contribution is -0.121. The van der Waals surface area contributed by atoms with Crippen LogP contribution >= 0.6 is 0 Å². The van der Waals surface area contributed by atoms with E-state index in [1.165, 1.54) is 0 Å². The quantitative estimate of drug-likeness (QED) is 0.748. The zero-order chi connectivity index (χ0) is 17.8. The van der Waals surface area contributed by atoms with E-state index < -0.39 is 0 Å². The maximum Gasteiger partial charge on any atom is 0.222 e. The Hall–Kier alpha value is -2.96. The van der Waals surface area contributed by atoms with E-state index in [4.69, 9.17) is 0 Å². The van der Waals surface area contributed by atoms with Gasteiger partial charge in [0.15, 0.2) is 5.82 Å². The number of pyridine rings is 1. The number of aromatic nitrogens is 5. The molecule has 0 aliphatic carbocycles. The van der Waals surface area contributed by atoms with Crippen LogP contribution in [0.25, 0.3) is 5.82 Å². The Morgan fingerprint density at radius 2 is 2.08 bits per heavy atom. The van der Waals surface area contributed by atoms with Crippen molar-refractivity contribution in [3.63, 3.8) is 0 Å². The lowest BCUT2D eigenvalue weighted by atomic mass is 10.1. The minimum atomic E-state index is -0.117. The van der Waals surface area contributed by atoms with Crippen molar-refractivity contribution in [2.24, 2.45) is 0 Å². The molecule has 0 aromatic carbocycles. The molecule has 0 aliphatic heterocycles. The third-order valence-corrected chi connectivity index (χ3v) is 4.26. The third kappa shape index (κ3) is 3.76. The van der Waals surface area contributed by atoms with Gasteiger partial charge >= 0.3 is 0 Å². The molecule has 1 atom stereocenters. The average molecular weight is 338 g/mol. The predicted octanol–water partition coefficient (Wildman–Crippen LogP) is 2.35. The summed E-state index contributed by atoms with van der Waals surface area (Å²) < 4.78 is 3.75. The van der Waals surface area contributed by atoms with Gasteiger partial charge in [0.05, 0.1) is 12.2 Å². The zero-order valence-electron chi connectivity index (χ0n) is 14.7. The Bertz CT molecular complexity index is 852. The van der Waals surface area contributed by atoms with E-state index in [1.807, 2.05) is 49.7 Å². The summed E-state index contributed by atoms with van der Waals surface area (Å²) in [5.74, 6) is 1.68. The van der Waals surface area contributed by atoms with Crippen LogP contribution in [0.1, 0.15) is 36.5 Å². The van der Waals surface area contributed by atoms with Crippen molar-refractivity contribution < 1.29 is 4.79 Å². The van der Waals surface area contributed by atoms with Crippen molar-refractivity contribution in [3.8, 4) is 5.82 Å². The molecular formula is C18H22N6O. The summed E-state index contributed by atoms with van der Waals surface area (Å²) >= 11 is 0. The van der Waals surface area contributed by atoms with E-state index in [1.54, 1.807) is 23.3 Å². The van der Waals surface area contributed by atoms with Gasteiger partial charge in [0, 0.05) is 42.8 Å². The molecule has 1 N–H and O–H groups in total. The lowest BCUT2D eigenvalue weighted by Gasteiger charge is -2.14. The number of aryl methyl sites for hydroxylation is 2. The molecule has 0 saturated heterocycles. The fraction of sp³-hybridized carbons (Fsp3) is 0.333. The third-order valence-electron chi connectivity index (χ3n) is 4.26. The number of imidazole rings is 1. The molecule has 0 spiro atoms. The average Bonchev–Trinajstić information content (AvgIpc) is 3.19. The second-order valence-electron chi connectivity index (χ2n) is 5.99. The fourth-order valence-corrected chi connectivity index (χ4v) is 2.81. The Kier molecular flexibility index (Phi) is 4.92. The Morgan fingerprint density at radius 1 is 1.24 bits per heavy atom. The van der Waals surface area contributed by atoms with Crippen LogP contribution in [0.15, 0.2) is 43.0 Å². The summed E-state index contributed by atoms with van der Waals surface area (Å²) in [6.45, 7) is 6.49. The summed E-state index contributed by atoms with van der Waals surface area (Å²) in [7, 11) is 0. The largest absolute Gasteiger partial charge is 0.349 e. The summed E-state index contributed by atoms with van der Waals surface area (Å²) in [4.78, 5) is 20.7. The van der Waals surface area contributed by atoms with E-state index in [0.29, 0.717) is 13.0 Å². The van der Waals surface area contributed by atoms with E-state index >= 15 is 0 Å². The number of nitrogens with zero attached hydrogens (tertiary/aromatic N) is 5. The number of nitrogens with one attached hydrogen (secondary N) is 1. The number of rotatable bonds is 6. The highest BCUT2D eigenvalue weighted by atomic mass is 16.1. The molecule has 3 aromatic rings. The molecule has 130 valence electrons. The molecule has 0 bridgehead atoms. The van der Waals surface area contributed by atoms with Gasteiger partial charge in [0.25, 0.3) is 0 Å². The molecule has 3 aromatic heterocycles. The van der Waals surface area contributed by atoms with Crippen molar-refractivity contribution in [2.45, 2.75) is 39.8 Å². The number of carbonyl (C=O) groups is 1. The zero-order valence-corrected chi connectivity index (χ0v) is 14.7. The molecule has 0 fully saturated rings. The maximum absolute atomic E-state index is 12.2. The molecular weight excluding hydrogens is 316 g/mol. The highest BCUT2D eigenvalue weighted by Crippen LogP contribution is 2.19. The number of amides is 1. The van der Waals surface area contributed by atoms with Crippen LogP contribution in [0.2, 0.25) is 0 Å². The van der Waals surface area contributed by atoms with Gasteiger partial charge in [-0.2, -0.15) is 5.10 Å². The SMILES string of the molecule is Cc1nccn1CCC(=O)NC(C)c1cnn(-c2ccccn2)c1C. The summed E-state index contributed by atoms with van der Waals surface area (Å²) in [6, 6.07) is 5.58. The minimum Gasteiger partial charge on any atom is -0.349 e. The maximum atomic E-state index is 12.2. The predicted molar refractivity (Wildman–Crippen MR) is 94.2 cm³/mol. The van der Waals surface area contributed by atoms with Crippen molar-refractivity contribution in [2.75, 3.05) is 0 Å². The molecule has 0 saturated carbocycles. The Balaban J connectivity index is 1.63. The molecule has 7 nitrogen and oxygen atoms in total. The summed E-state index contributed by atoms with van der Waals surface area (Å²) in [5.41, 5.74) is 1.95.